The summed E-state index contributed by atoms with van der Waals surface area (Å²) in [4.78, 5) is 5.86. The van der Waals surface area contributed by atoms with Crippen LogP contribution in [0.3, 0.4) is 0 Å². The molecule has 0 bridgehead atoms. The van der Waals surface area contributed by atoms with Crippen molar-refractivity contribution in [1.82, 2.24) is 10.3 Å². The Morgan fingerprint density at radius 2 is 2.29 bits per heavy atom. The van der Waals surface area contributed by atoms with Crippen molar-refractivity contribution in [3.8, 4) is 0 Å². The third-order valence-corrected chi connectivity index (χ3v) is 4.12. The Morgan fingerprint density at radius 1 is 1.41 bits per heavy atom. The average molecular weight is 311 g/mol. The summed E-state index contributed by atoms with van der Waals surface area (Å²) in [6.07, 6.45) is 2.83. The van der Waals surface area contributed by atoms with Crippen molar-refractivity contribution in [2.45, 2.75) is 19.4 Å². The first-order chi connectivity index (χ1) is 8.31. The number of nitrogens with one attached hydrogen (secondary N) is 1. The number of halogens is 1. The number of rotatable bonds is 5. The summed E-state index contributed by atoms with van der Waals surface area (Å²) in [5, 5.41) is 5.61. The Labute approximate surface area is 114 Å². The number of thiophene rings is 1. The molecule has 0 spiro atoms. The molecule has 0 aromatic carbocycles. The van der Waals surface area contributed by atoms with E-state index < -0.39 is 0 Å². The molecule has 0 saturated heterocycles. The van der Waals surface area contributed by atoms with Crippen molar-refractivity contribution >= 4 is 27.3 Å². The highest BCUT2D eigenvalue weighted by Crippen LogP contribution is 2.25. The van der Waals surface area contributed by atoms with Gasteiger partial charge < -0.3 is 5.32 Å². The monoisotopic (exact) mass is 310 g/mol. The molecule has 2 nitrogen and oxygen atoms in total. The summed E-state index contributed by atoms with van der Waals surface area (Å²) in [5.74, 6) is 0. The maximum absolute atomic E-state index is 4.47. The van der Waals surface area contributed by atoms with Gasteiger partial charge in [-0.3, -0.25) is 4.98 Å². The highest BCUT2D eigenvalue weighted by Gasteiger charge is 2.15. The molecule has 1 unspecified atom stereocenters. The van der Waals surface area contributed by atoms with Gasteiger partial charge in [0.05, 0.1) is 11.7 Å². The lowest BCUT2D eigenvalue weighted by Crippen LogP contribution is -2.24. The molecule has 0 aliphatic carbocycles. The van der Waals surface area contributed by atoms with E-state index in [2.05, 4.69) is 50.7 Å². The highest BCUT2D eigenvalue weighted by molar-refractivity contribution is 9.10. The second-order valence-corrected chi connectivity index (χ2v) is 5.65. The van der Waals surface area contributed by atoms with Crippen LogP contribution in [0, 0.1) is 0 Å². The van der Waals surface area contributed by atoms with Crippen LogP contribution in [0.15, 0.2) is 40.3 Å². The fraction of sp³-hybridized carbons (Fsp3) is 0.308. The van der Waals surface area contributed by atoms with E-state index in [0.717, 1.165) is 23.1 Å². The van der Waals surface area contributed by atoms with Crippen molar-refractivity contribution in [1.29, 1.82) is 0 Å². The lowest BCUT2D eigenvalue weighted by atomic mass is 10.1. The predicted octanol–water partition coefficient (Wildman–Crippen LogP) is 3.80. The van der Waals surface area contributed by atoms with Crippen molar-refractivity contribution in [3.05, 3.63) is 50.9 Å². The second-order valence-electron chi connectivity index (χ2n) is 3.76. The number of hydrogen-bond acceptors (Lipinski definition) is 3. The molecule has 1 N–H and O–H groups in total. The summed E-state index contributed by atoms with van der Waals surface area (Å²) < 4.78 is 1.07. The molecule has 0 saturated carbocycles. The van der Waals surface area contributed by atoms with Crippen LogP contribution in [-0.4, -0.2) is 11.5 Å². The second kappa shape index (κ2) is 6.28. The molecule has 0 radical (unpaired) electrons. The maximum Gasteiger partial charge on any atom is 0.0718 e. The molecule has 0 aliphatic heterocycles. The minimum atomic E-state index is 0.272. The minimum Gasteiger partial charge on any atom is -0.309 e. The fourth-order valence-electron chi connectivity index (χ4n) is 1.80. The molecular formula is C13H15BrN2S. The van der Waals surface area contributed by atoms with Crippen LogP contribution in [0.1, 0.15) is 23.5 Å². The molecule has 0 amide bonds. The van der Waals surface area contributed by atoms with Crippen molar-refractivity contribution in [3.63, 3.8) is 0 Å². The molecule has 0 fully saturated rings. The number of nitrogens with zero attached hydrogens (tertiary/aromatic N) is 1. The first-order valence-electron chi connectivity index (χ1n) is 5.67. The van der Waals surface area contributed by atoms with Gasteiger partial charge in [-0.25, -0.2) is 0 Å². The third kappa shape index (κ3) is 3.37. The minimum absolute atomic E-state index is 0.272. The third-order valence-electron chi connectivity index (χ3n) is 2.55. The lowest BCUT2D eigenvalue weighted by molar-refractivity contribution is 0.538. The zero-order valence-corrected chi connectivity index (χ0v) is 12.1. The maximum atomic E-state index is 4.47. The fourth-order valence-corrected chi connectivity index (χ4v) is 3.08. The first-order valence-corrected chi connectivity index (χ1v) is 7.34. The average Bonchev–Trinajstić information content (AvgIpc) is 2.82. The number of pyridine rings is 1. The van der Waals surface area contributed by atoms with E-state index >= 15 is 0 Å². The predicted molar refractivity (Wildman–Crippen MR) is 76.4 cm³/mol. The Bertz CT molecular complexity index is 456. The molecule has 2 rings (SSSR count). The summed E-state index contributed by atoms with van der Waals surface area (Å²) in [6, 6.07) is 8.53. The normalized spacial score (nSPS) is 12.6. The van der Waals surface area contributed by atoms with E-state index in [-0.39, 0.29) is 6.04 Å². The van der Waals surface area contributed by atoms with Gasteiger partial charge in [-0.2, -0.15) is 0 Å². The van der Waals surface area contributed by atoms with Gasteiger partial charge in [0.25, 0.3) is 0 Å². The molecule has 2 aromatic heterocycles. The van der Waals surface area contributed by atoms with Crippen LogP contribution in [-0.2, 0) is 6.42 Å². The zero-order valence-electron chi connectivity index (χ0n) is 9.69. The van der Waals surface area contributed by atoms with E-state index in [1.165, 1.54) is 4.88 Å². The van der Waals surface area contributed by atoms with Gasteiger partial charge in [-0.05, 0) is 46.1 Å². The Balaban J connectivity index is 2.20. The van der Waals surface area contributed by atoms with Crippen molar-refractivity contribution in [2.24, 2.45) is 0 Å². The first kappa shape index (κ1) is 12.7. The van der Waals surface area contributed by atoms with E-state index in [1.54, 1.807) is 11.3 Å². The molecule has 2 heterocycles. The number of aromatic nitrogens is 1. The summed E-state index contributed by atoms with van der Waals surface area (Å²) in [5.41, 5.74) is 1.09. The van der Waals surface area contributed by atoms with Crippen LogP contribution in [0.4, 0.5) is 0 Å². The molecule has 90 valence electrons. The molecule has 0 aliphatic rings. The van der Waals surface area contributed by atoms with Gasteiger partial charge in [0, 0.05) is 22.0 Å². The number of likely N-dealkylation sites (N-methyl/N-ethyl adjacent to an activating group) is 1. The Morgan fingerprint density at radius 3 is 2.94 bits per heavy atom. The van der Waals surface area contributed by atoms with Crippen molar-refractivity contribution in [2.75, 3.05) is 6.54 Å². The van der Waals surface area contributed by atoms with Crippen molar-refractivity contribution < 1.29 is 0 Å². The quantitative estimate of drug-likeness (QED) is 0.908. The van der Waals surface area contributed by atoms with Crippen LogP contribution in [0.25, 0.3) is 0 Å². The van der Waals surface area contributed by atoms with E-state index in [9.17, 15) is 0 Å². The van der Waals surface area contributed by atoms with Gasteiger partial charge in [-0.1, -0.05) is 13.0 Å². The van der Waals surface area contributed by atoms with Gasteiger partial charge in [-0.15, -0.1) is 11.3 Å². The standard InChI is InChI=1S/C13H15BrN2S/c1-2-15-12(9-10-5-4-8-17-10)13-11(14)6-3-7-16-13/h3-8,12,15H,2,9H2,1H3. The van der Waals surface area contributed by atoms with Crippen LogP contribution in [0.5, 0.6) is 0 Å². The highest BCUT2D eigenvalue weighted by atomic mass is 79.9. The van der Waals surface area contributed by atoms with Gasteiger partial charge in [0.1, 0.15) is 0 Å². The molecule has 1 atom stereocenters. The Hall–Kier alpha value is -0.710. The van der Waals surface area contributed by atoms with E-state index in [1.807, 2.05) is 18.3 Å². The largest absolute Gasteiger partial charge is 0.309 e. The molecule has 2 aromatic rings. The SMILES string of the molecule is CCNC(Cc1cccs1)c1ncccc1Br. The van der Waals surface area contributed by atoms with Gasteiger partial charge >= 0.3 is 0 Å². The van der Waals surface area contributed by atoms with Crippen LogP contribution in [0.2, 0.25) is 0 Å². The van der Waals surface area contributed by atoms with Crippen LogP contribution >= 0.6 is 27.3 Å². The topological polar surface area (TPSA) is 24.9 Å². The van der Waals surface area contributed by atoms with E-state index in [4.69, 9.17) is 0 Å². The molecular weight excluding hydrogens is 296 g/mol. The van der Waals surface area contributed by atoms with Crippen LogP contribution < -0.4 is 5.32 Å². The molecule has 4 heteroatoms. The summed E-state index contributed by atoms with van der Waals surface area (Å²) >= 11 is 5.37. The number of hydrogen-bond donors (Lipinski definition) is 1. The molecule has 17 heavy (non-hydrogen) atoms. The lowest BCUT2D eigenvalue weighted by Gasteiger charge is -2.17. The van der Waals surface area contributed by atoms with Gasteiger partial charge in [0.2, 0.25) is 0 Å². The smallest absolute Gasteiger partial charge is 0.0718 e. The summed E-state index contributed by atoms with van der Waals surface area (Å²) in [6.45, 7) is 3.07. The Kier molecular flexibility index (Phi) is 4.71. The summed E-state index contributed by atoms with van der Waals surface area (Å²) in [7, 11) is 0. The van der Waals surface area contributed by atoms with Gasteiger partial charge in [0.15, 0.2) is 0 Å². The van der Waals surface area contributed by atoms with E-state index in [0.29, 0.717) is 0 Å². The zero-order chi connectivity index (χ0) is 12.1.